The molecule has 0 spiro atoms. The monoisotopic (exact) mass is 519 g/mol. The lowest BCUT2D eigenvalue weighted by Crippen LogP contribution is -2.38. The van der Waals surface area contributed by atoms with E-state index in [2.05, 4.69) is 11.8 Å². The molecule has 37 heavy (non-hydrogen) atoms. The largest absolute Gasteiger partial charge is 0.490 e. The number of nitrogens with two attached hydrogens (primary N) is 1. The Morgan fingerprint density at radius 2 is 1.59 bits per heavy atom. The van der Waals surface area contributed by atoms with Crippen molar-refractivity contribution in [2.75, 3.05) is 25.0 Å². The van der Waals surface area contributed by atoms with E-state index in [4.69, 9.17) is 20.7 Å². The molecule has 0 aliphatic carbocycles. The van der Waals surface area contributed by atoms with Crippen LogP contribution in [-0.2, 0) is 14.4 Å². The first-order valence-electron chi connectivity index (χ1n) is 10.8. The molecule has 1 heterocycles. The Morgan fingerprint density at radius 3 is 2.11 bits per heavy atom. The lowest BCUT2D eigenvalue weighted by molar-refractivity contribution is -0.192. The van der Waals surface area contributed by atoms with E-state index in [1.54, 1.807) is 25.2 Å². The van der Waals surface area contributed by atoms with Crippen molar-refractivity contribution in [2.45, 2.75) is 25.6 Å². The van der Waals surface area contributed by atoms with Crippen molar-refractivity contribution < 1.29 is 42.6 Å². The van der Waals surface area contributed by atoms with Crippen molar-refractivity contribution >= 4 is 29.4 Å². The Morgan fingerprint density at radius 1 is 1.05 bits per heavy atom. The van der Waals surface area contributed by atoms with Gasteiger partial charge in [0, 0.05) is 30.8 Å². The highest BCUT2D eigenvalue weighted by Crippen LogP contribution is 2.26. The van der Waals surface area contributed by atoms with Gasteiger partial charge in [-0.15, -0.1) is 0 Å². The second kappa shape index (κ2) is 12.0. The summed E-state index contributed by atoms with van der Waals surface area (Å²) in [6.07, 6.45) is -5.31. The quantitative estimate of drug-likeness (QED) is 0.528. The van der Waals surface area contributed by atoms with Crippen molar-refractivity contribution in [3.8, 4) is 11.8 Å². The van der Waals surface area contributed by atoms with Crippen molar-refractivity contribution in [3.05, 3.63) is 64.7 Å². The number of carboxylic acid groups (broad SMARTS) is 2. The number of hydrogen-bond acceptors (Lipinski definition) is 5. The molecule has 2 aromatic rings. The minimum absolute atomic E-state index is 0.0327. The van der Waals surface area contributed by atoms with Gasteiger partial charge in [-0.2, -0.15) is 13.2 Å². The van der Waals surface area contributed by atoms with Crippen LogP contribution in [0.2, 0.25) is 0 Å². The molecule has 2 aromatic carbocycles. The zero-order chi connectivity index (χ0) is 27.9. The van der Waals surface area contributed by atoms with Gasteiger partial charge in [-0.1, -0.05) is 24.0 Å². The summed E-state index contributed by atoms with van der Waals surface area (Å²) in [4.78, 5) is 47.8. The van der Waals surface area contributed by atoms with E-state index >= 15 is 0 Å². The lowest BCUT2D eigenvalue weighted by Gasteiger charge is -2.18. The van der Waals surface area contributed by atoms with Crippen LogP contribution < -0.4 is 10.6 Å². The Kier molecular flexibility index (Phi) is 9.40. The molecule has 0 radical (unpaired) electrons. The van der Waals surface area contributed by atoms with Gasteiger partial charge in [0.2, 0.25) is 5.91 Å². The van der Waals surface area contributed by atoms with Gasteiger partial charge in [0.05, 0.1) is 17.7 Å². The molecule has 2 amide bonds. The molecule has 0 bridgehead atoms. The molecule has 0 saturated carbocycles. The van der Waals surface area contributed by atoms with Gasteiger partial charge in [-0.25, -0.2) is 4.79 Å². The van der Waals surface area contributed by atoms with Gasteiger partial charge in [0.15, 0.2) is 0 Å². The maximum absolute atomic E-state index is 13.0. The van der Waals surface area contributed by atoms with Crippen molar-refractivity contribution in [3.63, 3.8) is 0 Å². The molecule has 196 valence electrons. The van der Waals surface area contributed by atoms with E-state index < -0.39 is 18.1 Å². The van der Waals surface area contributed by atoms with Crippen molar-refractivity contribution in [1.82, 2.24) is 4.90 Å². The van der Waals surface area contributed by atoms with Crippen LogP contribution >= 0.6 is 0 Å². The molecule has 12 heteroatoms. The average Bonchev–Trinajstić information content (AvgIpc) is 2.91. The summed E-state index contributed by atoms with van der Waals surface area (Å²) in [6, 6.07) is 12.7. The minimum Gasteiger partial charge on any atom is -0.481 e. The number of likely N-dealkylation sites (N-methyl/N-ethyl adjacent to an activating group) is 1. The summed E-state index contributed by atoms with van der Waals surface area (Å²) in [6.45, 7) is 1.72. The van der Waals surface area contributed by atoms with Gasteiger partial charge < -0.3 is 25.7 Å². The molecule has 1 aliphatic heterocycles. The fourth-order valence-corrected chi connectivity index (χ4v) is 3.15. The minimum atomic E-state index is -5.08. The Labute approximate surface area is 210 Å². The molecule has 1 aliphatic rings. The highest BCUT2D eigenvalue weighted by Gasteiger charge is 2.38. The Hall–Kier alpha value is -4.37. The first kappa shape index (κ1) is 28.9. The molecule has 9 nitrogen and oxygen atoms in total. The summed E-state index contributed by atoms with van der Waals surface area (Å²) in [7, 11) is 1.60. The third-order valence-electron chi connectivity index (χ3n) is 5.20. The molecular formula is C25H24F3N3O6. The highest BCUT2D eigenvalue weighted by atomic mass is 19.4. The van der Waals surface area contributed by atoms with Crippen molar-refractivity contribution in [2.24, 2.45) is 5.73 Å². The molecule has 0 aromatic heterocycles. The predicted molar refractivity (Wildman–Crippen MR) is 127 cm³/mol. The summed E-state index contributed by atoms with van der Waals surface area (Å²) < 4.78 is 31.7. The number of anilines is 1. The Bertz CT molecular complexity index is 1250. The standard InChI is InChI=1S/C23H23N3O4.C2HF3O2/c1-15(24)18-8-5-16(6-9-18)3-4-17-7-10-20-19(13-17)23(30)26(12-11-22(28)29)14-21(27)25(20)2;3-2(4,5)1(6)7/h5-10,13,15H,11-12,14,24H2,1-2H3,(H,28,29);(H,6,7). The van der Waals surface area contributed by atoms with Crippen LogP contribution in [0.5, 0.6) is 0 Å². The highest BCUT2D eigenvalue weighted by molar-refractivity contribution is 6.09. The lowest BCUT2D eigenvalue weighted by atomic mass is 10.1. The van der Waals surface area contributed by atoms with E-state index in [9.17, 15) is 27.6 Å². The van der Waals surface area contributed by atoms with E-state index in [-0.39, 0.29) is 37.4 Å². The van der Waals surface area contributed by atoms with Crippen LogP contribution in [0, 0.1) is 11.8 Å². The van der Waals surface area contributed by atoms with Gasteiger partial charge in [0.25, 0.3) is 5.91 Å². The SMILES string of the molecule is CC(N)c1ccc(C#Cc2ccc3c(c2)C(=O)N(CCC(=O)O)CC(=O)N3C)cc1.O=C(O)C(F)(F)F. The molecule has 1 unspecified atom stereocenters. The second-order valence-corrected chi connectivity index (χ2v) is 8.02. The number of hydrogen-bond donors (Lipinski definition) is 3. The number of halogens is 3. The molecule has 3 rings (SSSR count). The number of fused-ring (bicyclic) bond motifs is 1. The maximum Gasteiger partial charge on any atom is 0.490 e. The number of carbonyl (C=O) groups is 4. The summed E-state index contributed by atoms with van der Waals surface area (Å²) >= 11 is 0. The molecule has 4 N–H and O–H groups in total. The fraction of sp³-hybridized carbons (Fsp3) is 0.280. The predicted octanol–water partition coefficient (Wildman–Crippen LogP) is 2.63. The first-order chi connectivity index (χ1) is 17.2. The number of aliphatic carboxylic acids is 2. The van der Waals surface area contributed by atoms with Gasteiger partial charge in [-0.3, -0.25) is 14.4 Å². The molecule has 0 saturated heterocycles. The number of amides is 2. The molecule has 1 atom stereocenters. The van der Waals surface area contributed by atoms with E-state index in [1.807, 2.05) is 31.2 Å². The number of carbonyl (C=O) groups excluding carboxylic acids is 2. The smallest absolute Gasteiger partial charge is 0.481 e. The molecule has 0 fully saturated rings. The third kappa shape index (κ3) is 8.08. The Balaban J connectivity index is 0.000000604. The third-order valence-corrected chi connectivity index (χ3v) is 5.20. The number of nitrogens with zero attached hydrogens (tertiary/aromatic N) is 2. The fourth-order valence-electron chi connectivity index (χ4n) is 3.15. The number of benzene rings is 2. The van der Waals surface area contributed by atoms with Crippen LogP contribution in [0.15, 0.2) is 42.5 Å². The summed E-state index contributed by atoms with van der Waals surface area (Å²) in [5.74, 6) is 1.66. The first-order valence-corrected chi connectivity index (χ1v) is 10.8. The number of carboxylic acids is 2. The van der Waals surface area contributed by atoms with Gasteiger partial charge in [0.1, 0.15) is 6.54 Å². The second-order valence-electron chi connectivity index (χ2n) is 8.02. The van der Waals surface area contributed by atoms with Crippen molar-refractivity contribution in [1.29, 1.82) is 0 Å². The average molecular weight is 519 g/mol. The topological polar surface area (TPSA) is 141 Å². The van der Waals surface area contributed by atoms with Crippen LogP contribution in [0.1, 0.15) is 46.4 Å². The zero-order valence-corrected chi connectivity index (χ0v) is 19.9. The number of rotatable bonds is 4. The van der Waals surface area contributed by atoms with E-state index in [0.717, 1.165) is 11.1 Å². The van der Waals surface area contributed by atoms with Crippen LogP contribution in [0.4, 0.5) is 18.9 Å². The van der Waals surface area contributed by atoms with Crippen LogP contribution in [0.25, 0.3) is 0 Å². The van der Waals surface area contributed by atoms with Crippen LogP contribution in [0.3, 0.4) is 0 Å². The summed E-state index contributed by atoms with van der Waals surface area (Å²) in [5.41, 5.74) is 9.12. The summed E-state index contributed by atoms with van der Waals surface area (Å²) in [5, 5.41) is 16.1. The van der Waals surface area contributed by atoms with E-state index in [0.29, 0.717) is 16.8 Å². The number of alkyl halides is 3. The normalized spacial score (nSPS) is 13.9. The van der Waals surface area contributed by atoms with Crippen LogP contribution in [-0.4, -0.2) is 65.2 Å². The van der Waals surface area contributed by atoms with Gasteiger partial charge >= 0.3 is 18.1 Å². The maximum atomic E-state index is 13.0. The van der Waals surface area contributed by atoms with Gasteiger partial charge in [-0.05, 0) is 42.8 Å². The molecular weight excluding hydrogens is 495 g/mol. The van der Waals surface area contributed by atoms with E-state index in [1.165, 1.54) is 9.80 Å². The zero-order valence-electron chi connectivity index (χ0n) is 19.9.